The van der Waals surface area contributed by atoms with Crippen LogP contribution < -0.4 is 5.32 Å². The van der Waals surface area contributed by atoms with Gasteiger partial charge in [-0.15, -0.1) is 0 Å². The van der Waals surface area contributed by atoms with Gasteiger partial charge in [-0.3, -0.25) is 9.59 Å². The predicted octanol–water partition coefficient (Wildman–Crippen LogP) is 2.94. The quantitative estimate of drug-likeness (QED) is 0.561. The van der Waals surface area contributed by atoms with Crippen molar-refractivity contribution in [1.29, 1.82) is 0 Å². The molecule has 3 rings (SSSR count). The highest BCUT2D eigenvalue weighted by molar-refractivity contribution is 6.05. The van der Waals surface area contributed by atoms with E-state index in [-0.39, 0.29) is 23.7 Å². The monoisotopic (exact) mass is 456 g/mol. The Hall–Kier alpha value is -3.69. The Morgan fingerprint density at radius 2 is 1.85 bits per heavy atom. The minimum absolute atomic E-state index is 0.152. The lowest BCUT2D eigenvalue weighted by Crippen LogP contribution is -2.46. The molecule has 0 aliphatic heterocycles. The molecule has 10 heteroatoms. The van der Waals surface area contributed by atoms with E-state index in [9.17, 15) is 14.4 Å². The molecule has 33 heavy (non-hydrogen) atoms. The number of likely N-dealkylation sites (N-methyl/N-ethyl adjacent to an activating group) is 1. The molecular formula is C23H28N4O6. The molecule has 3 heterocycles. The predicted molar refractivity (Wildman–Crippen MR) is 120 cm³/mol. The van der Waals surface area contributed by atoms with Crippen molar-refractivity contribution in [1.82, 2.24) is 20.4 Å². The average Bonchev–Trinajstić information content (AvgIpc) is 3.24. The molecule has 0 aromatic carbocycles. The zero-order chi connectivity index (χ0) is 24.5. The first-order valence-electron chi connectivity index (χ1n) is 10.4. The summed E-state index contributed by atoms with van der Waals surface area (Å²) in [7, 11) is 1.47. The van der Waals surface area contributed by atoms with Crippen LogP contribution in [0.2, 0.25) is 0 Å². The molecule has 0 aliphatic rings. The van der Waals surface area contributed by atoms with Crippen LogP contribution in [0.1, 0.15) is 48.3 Å². The number of amides is 2. The molecule has 0 radical (unpaired) electrons. The number of fused-ring (bicyclic) bond motifs is 1. The normalized spacial score (nSPS) is 11.5. The van der Waals surface area contributed by atoms with E-state index in [1.54, 1.807) is 19.9 Å². The number of aromatic nitrogens is 2. The first-order chi connectivity index (χ1) is 15.4. The van der Waals surface area contributed by atoms with E-state index in [2.05, 4.69) is 15.5 Å². The Morgan fingerprint density at radius 3 is 2.45 bits per heavy atom. The average molecular weight is 456 g/mol. The van der Waals surface area contributed by atoms with Crippen molar-refractivity contribution >= 4 is 28.9 Å². The van der Waals surface area contributed by atoms with Crippen LogP contribution in [0.25, 0.3) is 22.4 Å². The number of aryl methyl sites for hydroxylation is 3. The van der Waals surface area contributed by atoms with Crippen molar-refractivity contribution in [2.75, 3.05) is 20.2 Å². The Kier molecular flexibility index (Phi) is 6.57. The summed E-state index contributed by atoms with van der Waals surface area (Å²) in [6.07, 6.45) is 0. The topological polar surface area (TPSA) is 128 Å². The molecule has 1 N–H and O–H groups in total. The number of carbonyl (C=O) groups excluding carboxylic acids is 3. The molecule has 3 aromatic rings. The molecular weight excluding hydrogens is 428 g/mol. The first-order valence-corrected chi connectivity index (χ1v) is 10.4. The minimum atomic E-state index is -0.728. The van der Waals surface area contributed by atoms with E-state index in [0.29, 0.717) is 33.9 Å². The molecule has 0 aliphatic carbocycles. The molecule has 0 saturated carbocycles. The fraction of sp³-hybridized carbons (Fsp3) is 0.435. The number of hydrogen-bond donors (Lipinski definition) is 1. The highest BCUT2D eigenvalue weighted by atomic mass is 16.5. The number of nitrogens with one attached hydrogen (secondary N) is 1. The van der Waals surface area contributed by atoms with Gasteiger partial charge in [0.2, 0.25) is 5.91 Å². The highest BCUT2D eigenvalue weighted by Gasteiger charge is 2.24. The van der Waals surface area contributed by atoms with Crippen LogP contribution in [0, 0.1) is 20.8 Å². The van der Waals surface area contributed by atoms with Crippen LogP contribution in [0.4, 0.5) is 0 Å². The number of hydrogen-bond acceptors (Lipinski definition) is 8. The fourth-order valence-corrected chi connectivity index (χ4v) is 3.36. The summed E-state index contributed by atoms with van der Waals surface area (Å²) in [5.41, 5.74) is 1.57. The van der Waals surface area contributed by atoms with Gasteiger partial charge in [0.25, 0.3) is 11.6 Å². The van der Waals surface area contributed by atoms with Gasteiger partial charge in [-0.05, 0) is 53.7 Å². The molecule has 0 saturated heterocycles. The number of carbonyl (C=O) groups is 3. The van der Waals surface area contributed by atoms with Gasteiger partial charge in [-0.1, -0.05) is 5.16 Å². The minimum Gasteiger partial charge on any atom is -0.466 e. The second kappa shape index (κ2) is 9.05. The summed E-state index contributed by atoms with van der Waals surface area (Å²) in [6.45, 7) is 10.2. The van der Waals surface area contributed by atoms with Gasteiger partial charge in [-0.2, -0.15) is 0 Å². The zero-order valence-corrected chi connectivity index (χ0v) is 19.9. The lowest BCUT2D eigenvalue weighted by Gasteiger charge is -2.23. The standard InChI is InChI=1S/C23H28N4O6/c1-12-8-15(14(3)32-12)17-9-16(20-13(2)26-33-21(20)24-17)22(30)31-11-19(29)27(7)10-18(28)25-23(4,5)6/h8-9H,10-11H2,1-7H3,(H,25,28). The van der Waals surface area contributed by atoms with Crippen LogP contribution in [-0.2, 0) is 14.3 Å². The van der Waals surface area contributed by atoms with E-state index in [1.807, 2.05) is 33.8 Å². The third-order valence-corrected chi connectivity index (χ3v) is 4.80. The van der Waals surface area contributed by atoms with Gasteiger partial charge in [0.05, 0.1) is 28.9 Å². The Morgan fingerprint density at radius 1 is 1.15 bits per heavy atom. The molecule has 10 nitrogen and oxygen atoms in total. The van der Waals surface area contributed by atoms with Crippen LogP contribution in [0.5, 0.6) is 0 Å². The zero-order valence-electron chi connectivity index (χ0n) is 19.9. The van der Waals surface area contributed by atoms with Gasteiger partial charge >= 0.3 is 5.97 Å². The Labute approximate surface area is 191 Å². The van der Waals surface area contributed by atoms with Crippen LogP contribution in [-0.4, -0.2) is 58.6 Å². The summed E-state index contributed by atoms with van der Waals surface area (Å²) >= 11 is 0. The maximum absolute atomic E-state index is 12.9. The van der Waals surface area contributed by atoms with E-state index < -0.39 is 24.0 Å². The first kappa shape index (κ1) is 24.0. The molecule has 0 bridgehead atoms. The summed E-state index contributed by atoms with van der Waals surface area (Å²) in [4.78, 5) is 43.0. The molecule has 2 amide bonds. The van der Waals surface area contributed by atoms with Crippen molar-refractivity contribution in [3.05, 3.63) is 34.9 Å². The van der Waals surface area contributed by atoms with Gasteiger partial charge in [0, 0.05) is 18.2 Å². The van der Waals surface area contributed by atoms with Gasteiger partial charge in [0.15, 0.2) is 6.61 Å². The number of furan rings is 1. The number of nitrogens with zero attached hydrogens (tertiary/aromatic N) is 3. The molecule has 0 unspecified atom stereocenters. The molecule has 0 fully saturated rings. The largest absolute Gasteiger partial charge is 0.466 e. The maximum Gasteiger partial charge on any atom is 0.339 e. The lowest BCUT2D eigenvalue weighted by molar-refractivity contribution is -0.137. The summed E-state index contributed by atoms with van der Waals surface area (Å²) in [5.74, 6) is -0.210. The highest BCUT2D eigenvalue weighted by Crippen LogP contribution is 2.30. The summed E-state index contributed by atoms with van der Waals surface area (Å²) in [5, 5.41) is 7.08. The van der Waals surface area contributed by atoms with E-state index in [1.165, 1.54) is 11.9 Å². The van der Waals surface area contributed by atoms with Crippen molar-refractivity contribution in [2.24, 2.45) is 0 Å². The van der Waals surface area contributed by atoms with Gasteiger partial charge < -0.3 is 23.9 Å². The maximum atomic E-state index is 12.9. The SMILES string of the molecule is Cc1cc(-c2cc(C(=O)OCC(=O)N(C)CC(=O)NC(C)(C)C)c3c(C)noc3n2)c(C)o1. The smallest absolute Gasteiger partial charge is 0.339 e. The second-order valence-electron chi connectivity index (χ2n) is 8.95. The lowest BCUT2D eigenvalue weighted by atomic mass is 10.1. The fourth-order valence-electron chi connectivity index (χ4n) is 3.36. The Balaban J connectivity index is 1.78. The number of pyridine rings is 1. The van der Waals surface area contributed by atoms with Crippen molar-refractivity contribution in [3.8, 4) is 11.3 Å². The summed E-state index contributed by atoms with van der Waals surface area (Å²) in [6, 6.07) is 3.38. The van der Waals surface area contributed by atoms with Crippen LogP contribution >= 0.6 is 0 Å². The van der Waals surface area contributed by atoms with E-state index >= 15 is 0 Å². The summed E-state index contributed by atoms with van der Waals surface area (Å²) < 4.78 is 16.1. The number of ether oxygens (including phenoxy) is 1. The van der Waals surface area contributed by atoms with Gasteiger partial charge in [-0.25, -0.2) is 9.78 Å². The van der Waals surface area contributed by atoms with Crippen LogP contribution in [0.15, 0.2) is 21.1 Å². The molecule has 176 valence electrons. The van der Waals surface area contributed by atoms with Crippen LogP contribution in [0.3, 0.4) is 0 Å². The van der Waals surface area contributed by atoms with Crippen molar-refractivity contribution in [3.63, 3.8) is 0 Å². The number of esters is 1. The molecule has 3 aromatic heterocycles. The van der Waals surface area contributed by atoms with Gasteiger partial charge in [0.1, 0.15) is 11.5 Å². The third-order valence-electron chi connectivity index (χ3n) is 4.80. The Bertz CT molecular complexity index is 1220. The number of rotatable bonds is 6. The van der Waals surface area contributed by atoms with E-state index in [0.717, 1.165) is 0 Å². The third kappa shape index (κ3) is 5.57. The van der Waals surface area contributed by atoms with E-state index in [4.69, 9.17) is 13.7 Å². The van der Waals surface area contributed by atoms with Crippen molar-refractivity contribution < 1.29 is 28.1 Å². The molecule has 0 spiro atoms. The molecule has 0 atom stereocenters. The second-order valence-corrected chi connectivity index (χ2v) is 8.95. The van der Waals surface area contributed by atoms with Crippen molar-refractivity contribution in [2.45, 2.75) is 47.1 Å².